The van der Waals surface area contributed by atoms with Gasteiger partial charge >= 0.3 is 0 Å². The summed E-state index contributed by atoms with van der Waals surface area (Å²) >= 11 is 0. The van der Waals surface area contributed by atoms with Gasteiger partial charge in [0.1, 0.15) is 0 Å². The van der Waals surface area contributed by atoms with Gasteiger partial charge in [-0.05, 0) is 49.1 Å². The van der Waals surface area contributed by atoms with Crippen LogP contribution in [0.3, 0.4) is 0 Å². The number of allylic oxidation sites excluding steroid dienone is 2. The molecule has 1 heterocycles. The summed E-state index contributed by atoms with van der Waals surface area (Å²) in [5.41, 5.74) is 3.88. The van der Waals surface area contributed by atoms with Crippen molar-refractivity contribution in [2.75, 3.05) is 20.8 Å². The maximum absolute atomic E-state index is 11.7. The van der Waals surface area contributed by atoms with Crippen LogP contribution in [0.4, 0.5) is 0 Å². The standard InChI is InChI=1S/C18H21NO3/c1-21-14-9-11-5-8-19-13-10-18(6-3-12(20)4-7-18)16(15(11)13)17(14)22-2/h3,6,9,13,19H,4-5,7-8,10H2,1-2H3/t13-,18-/m1/s1. The average Bonchev–Trinajstić information content (AvgIpc) is 2.86. The minimum absolute atomic E-state index is 0.0973. The van der Waals surface area contributed by atoms with Crippen LogP contribution in [-0.4, -0.2) is 26.5 Å². The zero-order valence-electron chi connectivity index (χ0n) is 13.1. The molecule has 0 radical (unpaired) electrons. The molecular formula is C18H21NO3. The van der Waals surface area contributed by atoms with Crippen molar-refractivity contribution in [3.05, 3.63) is 34.9 Å². The molecule has 0 saturated carbocycles. The minimum atomic E-state index is -0.0973. The van der Waals surface area contributed by atoms with E-state index in [1.54, 1.807) is 20.3 Å². The number of carbonyl (C=O) groups excluding carboxylic acids is 1. The fraction of sp³-hybridized carbons (Fsp3) is 0.500. The molecule has 0 aromatic heterocycles. The average molecular weight is 299 g/mol. The van der Waals surface area contributed by atoms with Crippen molar-refractivity contribution in [1.82, 2.24) is 5.32 Å². The van der Waals surface area contributed by atoms with Crippen LogP contribution in [0.15, 0.2) is 18.2 Å². The Bertz CT molecular complexity index is 679. The molecule has 0 unspecified atom stereocenters. The van der Waals surface area contributed by atoms with Crippen LogP contribution in [-0.2, 0) is 16.6 Å². The Kier molecular flexibility index (Phi) is 3.05. The number of nitrogens with one attached hydrogen (secondary N) is 1. The van der Waals surface area contributed by atoms with E-state index in [9.17, 15) is 4.79 Å². The van der Waals surface area contributed by atoms with E-state index in [1.807, 2.05) is 0 Å². The van der Waals surface area contributed by atoms with Crippen molar-refractivity contribution in [2.45, 2.75) is 37.1 Å². The van der Waals surface area contributed by atoms with E-state index in [-0.39, 0.29) is 11.2 Å². The maximum Gasteiger partial charge on any atom is 0.165 e. The third-order valence-corrected chi connectivity index (χ3v) is 5.40. The normalized spacial score (nSPS) is 28.8. The smallest absolute Gasteiger partial charge is 0.165 e. The van der Waals surface area contributed by atoms with Crippen LogP contribution in [0.5, 0.6) is 11.5 Å². The fourth-order valence-electron chi connectivity index (χ4n) is 4.43. The van der Waals surface area contributed by atoms with E-state index in [0.717, 1.165) is 37.3 Å². The van der Waals surface area contributed by atoms with Crippen LogP contribution in [0.2, 0.25) is 0 Å². The monoisotopic (exact) mass is 299 g/mol. The molecule has 3 aliphatic rings. The Morgan fingerprint density at radius 2 is 2.14 bits per heavy atom. The minimum Gasteiger partial charge on any atom is -0.493 e. The third kappa shape index (κ3) is 1.76. The van der Waals surface area contributed by atoms with Crippen molar-refractivity contribution in [1.29, 1.82) is 0 Å². The molecule has 22 heavy (non-hydrogen) atoms. The van der Waals surface area contributed by atoms with Gasteiger partial charge in [0.05, 0.1) is 14.2 Å². The molecule has 4 rings (SSSR count). The van der Waals surface area contributed by atoms with Gasteiger partial charge in [0.25, 0.3) is 0 Å². The Balaban J connectivity index is 1.99. The summed E-state index contributed by atoms with van der Waals surface area (Å²) in [6, 6.07) is 2.48. The first-order chi connectivity index (χ1) is 10.7. The van der Waals surface area contributed by atoms with E-state index in [2.05, 4.69) is 17.5 Å². The number of ketones is 1. The molecule has 1 aromatic carbocycles. The quantitative estimate of drug-likeness (QED) is 0.911. The lowest BCUT2D eigenvalue weighted by Gasteiger charge is -2.31. The zero-order chi connectivity index (χ0) is 15.3. The second kappa shape index (κ2) is 4.85. The molecular weight excluding hydrogens is 278 g/mol. The van der Waals surface area contributed by atoms with Crippen molar-refractivity contribution in [2.24, 2.45) is 0 Å². The highest BCUT2D eigenvalue weighted by Gasteiger charge is 2.48. The predicted octanol–water partition coefficient (Wildman–Crippen LogP) is 2.45. The van der Waals surface area contributed by atoms with Gasteiger partial charge in [0, 0.05) is 23.4 Å². The second-order valence-electron chi connectivity index (χ2n) is 6.48. The molecule has 0 fully saturated rings. The van der Waals surface area contributed by atoms with Gasteiger partial charge in [0.2, 0.25) is 0 Å². The number of benzene rings is 1. The van der Waals surface area contributed by atoms with E-state index in [4.69, 9.17) is 9.47 Å². The van der Waals surface area contributed by atoms with Gasteiger partial charge in [0.15, 0.2) is 17.3 Å². The van der Waals surface area contributed by atoms with Crippen LogP contribution >= 0.6 is 0 Å². The number of hydrogen-bond donors (Lipinski definition) is 1. The van der Waals surface area contributed by atoms with Crippen molar-refractivity contribution in [3.8, 4) is 11.5 Å². The molecule has 4 nitrogen and oxygen atoms in total. The van der Waals surface area contributed by atoms with Crippen molar-refractivity contribution in [3.63, 3.8) is 0 Å². The lowest BCUT2D eigenvalue weighted by Crippen LogP contribution is -2.29. The highest BCUT2D eigenvalue weighted by atomic mass is 16.5. The number of fused-ring (bicyclic) bond motifs is 1. The Hall–Kier alpha value is -1.81. The Morgan fingerprint density at radius 1 is 1.27 bits per heavy atom. The number of ether oxygens (including phenoxy) is 2. The molecule has 1 aromatic rings. The van der Waals surface area contributed by atoms with Gasteiger partial charge in [-0.3, -0.25) is 4.79 Å². The summed E-state index contributed by atoms with van der Waals surface area (Å²) in [4.78, 5) is 11.7. The first-order valence-electron chi connectivity index (χ1n) is 7.92. The topological polar surface area (TPSA) is 47.6 Å². The van der Waals surface area contributed by atoms with E-state index < -0.39 is 0 Å². The summed E-state index contributed by atoms with van der Waals surface area (Å²) in [7, 11) is 3.40. The lowest BCUT2D eigenvalue weighted by molar-refractivity contribution is -0.115. The first kappa shape index (κ1) is 13.8. The lowest BCUT2D eigenvalue weighted by atomic mass is 9.73. The SMILES string of the molecule is COc1cc2c3c(c1OC)[C@@]1(C=CC(=O)CC1)C[C@H]3NCC2. The molecule has 1 spiro atoms. The molecule has 0 bridgehead atoms. The second-order valence-corrected chi connectivity index (χ2v) is 6.48. The number of methoxy groups -OCH3 is 2. The molecule has 2 aliphatic carbocycles. The van der Waals surface area contributed by atoms with Crippen molar-refractivity contribution < 1.29 is 14.3 Å². The molecule has 0 amide bonds. The molecule has 4 heteroatoms. The number of rotatable bonds is 2. The highest BCUT2D eigenvalue weighted by Crippen LogP contribution is 2.57. The highest BCUT2D eigenvalue weighted by molar-refractivity contribution is 5.91. The van der Waals surface area contributed by atoms with Crippen molar-refractivity contribution >= 4 is 5.78 Å². The van der Waals surface area contributed by atoms with Crippen LogP contribution < -0.4 is 14.8 Å². The third-order valence-electron chi connectivity index (χ3n) is 5.40. The summed E-state index contributed by atoms with van der Waals surface area (Å²) in [5, 5.41) is 3.63. The molecule has 2 atom stereocenters. The van der Waals surface area contributed by atoms with Gasteiger partial charge in [-0.25, -0.2) is 0 Å². The van der Waals surface area contributed by atoms with Crippen LogP contribution in [0, 0.1) is 0 Å². The first-order valence-corrected chi connectivity index (χ1v) is 7.92. The molecule has 1 aliphatic heterocycles. The Morgan fingerprint density at radius 3 is 2.82 bits per heavy atom. The largest absolute Gasteiger partial charge is 0.493 e. The van der Waals surface area contributed by atoms with Crippen LogP contribution in [0.1, 0.15) is 42.0 Å². The number of hydrogen-bond acceptors (Lipinski definition) is 4. The van der Waals surface area contributed by atoms with E-state index in [0.29, 0.717) is 12.5 Å². The van der Waals surface area contributed by atoms with Crippen LogP contribution in [0.25, 0.3) is 0 Å². The fourth-order valence-corrected chi connectivity index (χ4v) is 4.43. The van der Waals surface area contributed by atoms with Gasteiger partial charge < -0.3 is 14.8 Å². The molecule has 116 valence electrons. The Labute approximate surface area is 130 Å². The van der Waals surface area contributed by atoms with E-state index in [1.165, 1.54) is 16.7 Å². The van der Waals surface area contributed by atoms with Gasteiger partial charge in [-0.15, -0.1) is 0 Å². The molecule has 0 saturated heterocycles. The number of carbonyl (C=O) groups is 1. The summed E-state index contributed by atoms with van der Waals surface area (Å²) in [6.45, 7) is 0.991. The molecule has 1 N–H and O–H groups in total. The summed E-state index contributed by atoms with van der Waals surface area (Å²) in [5.74, 6) is 1.87. The maximum atomic E-state index is 11.7. The van der Waals surface area contributed by atoms with Gasteiger partial charge in [-0.2, -0.15) is 0 Å². The summed E-state index contributed by atoms with van der Waals surface area (Å²) in [6.07, 6.45) is 7.35. The predicted molar refractivity (Wildman–Crippen MR) is 83.7 cm³/mol. The zero-order valence-corrected chi connectivity index (χ0v) is 13.1. The summed E-state index contributed by atoms with van der Waals surface area (Å²) < 4.78 is 11.3. The van der Waals surface area contributed by atoms with E-state index >= 15 is 0 Å². The van der Waals surface area contributed by atoms with Gasteiger partial charge in [-0.1, -0.05) is 6.08 Å².